The summed E-state index contributed by atoms with van der Waals surface area (Å²) in [6.45, 7) is 6.05. The van der Waals surface area contributed by atoms with Gasteiger partial charge in [-0.15, -0.1) is 0 Å². The van der Waals surface area contributed by atoms with Crippen molar-refractivity contribution in [3.63, 3.8) is 0 Å². The Morgan fingerprint density at radius 3 is 2.36 bits per heavy atom. The second kappa shape index (κ2) is 11.1. The molecule has 0 saturated carbocycles. The summed E-state index contributed by atoms with van der Waals surface area (Å²) in [5, 5.41) is 0. The number of benzene rings is 1. The Morgan fingerprint density at radius 2 is 1.75 bits per heavy atom. The van der Waals surface area contributed by atoms with E-state index in [1.54, 1.807) is 11.0 Å². The second-order valence-electron chi connectivity index (χ2n) is 6.99. The van der Waals surface area contributed by atoms with Crippen LogP contribution in [0.4, 0.5) is 0 Å². The number of hydrogen-bond acceptors (Lipinski definition) is 2. The molecule has 5 nitrogen and oxygen atoms in total. The van der Waals surface area contributed by atoms with Crippen LogP contribution in [-0.2, 0) is 18.4 Å². The van der Waals surface area contributed by atoms with Crippen LogP contribution in [0.3, 0.4) is 0 Å². The largest absolute Gasteiger partial charge is 0.353 e. The molecular weight excluding hydrogens is 418 g/mol. The number of aromatic nitrogens is 1. The molecule has 1 heterocycles. The zero-order valence-corrected chi connectivity index (χ0v) is 18.6. The maximum Gasteiger partial charge on any atom is 0.255 e. The standard InChI is InChI=1S/C22H30BrN3O2/c1-4-6-15-25(16-18-10-9-14-24(18)3)21(27)17-26(13-5-2)22(28)19-11-7-8-12-20(19)23/h7-12,14H,4-6,13,15-17H2,1-3H3. The minimum Gasteiger partial charge on any atom is -0.353 e. The average Bonchev–Trinajstić information content (AvgIpc) is 3.09. The van der Waals surface area contributed by atoms with Crippen molar-refractivity contribution in [2.45, 2.75) is 39.7 Å². The number of rotatable bonds is 10. The summed E-state index contributed by atoms with van der Waals surface area (Å²) in [6, 6.07) is 11.4. The van der Waals surface area contributed by atoms with Gasteiger partial charge in [-0.2, -0.15) is 0 Å². The number of hydrogen-bond donors (Lipinski definition) is 0. The van der Waals surface area contributed by atoms with Gasteiger partial charge in [0.2, 0.25) is 5.91 Å². The van der Waals surface area contributed by atoms with E-state index in [0.29, 0.717) is 25.2 Å². The fourth-order valence-electron chi connectivity index (χ4n) is 3.09. The van der Waals surface area contributed by atoms with Gasteiger partial charge < -0.3 is 14.4 Å². The molecule has 0 aliphatic heterocycles. The third kappa shape index (κ3) is 5.96. The van der Waals surface area contributed by atoms with Gasteiger partial charge in [-0.3, -0.25) is 9.59 Å². The van der Waals surface area contributed by atoms with E-state index in [2.05, 4.69) is 22.9 Å². The molecule has 0 unspecified atom stereocenters. The molecule has 1 aromatic carbocycles. The zero-order chi connectivity index (χ0) is 20.5. The van der Waals surface area contributed by atoms with Crippen LogP contribution in [0.5, 0.6) is 0 Å². The van der Waals surface area contributed by atoms with E-state index >= 15 is 0 Å². The first-order valence-corrected chi connectivity index (χ1v) is 10.7. The normalized spacial score (nSPS) is 10.7. The number of unbranched alkanes of at least 4 members (excludes halogenated alkanes) is 1. The molecular formula is C22H30BrN3O2. The number of aryl methyl sites for hydroxylation is 1. The van der Waals surface area contributed by atoms with Crippen molar-refractivity contribution in [2.75, 3.05) is 19.6 Å². The van der Waals surface area contributed by atoms with Gasteiger partial charge >= 0.3 is 0 Å². The van der Waals surface area contributed by atoms with Crippen LogP contribution in [0.15, 0.2) is 47.1 Å². The van der Waals surface area contributed by atoms with Crippen molar-refractivity contribution in [3.05, 3.63) is 58.3 Å². The highest BCUT2D eigenvalue weighted by Crippen LogP contribution is 2.18. The molecule has 0 aliphatic carbocycles. The SMILES string of the molecule is CCCCN(Cc1cccn1C)C(=O)CN(CCC)C(=O)c1ccccc1Br. The van der Waals surface area contributed by atoms with Gasteiger partial charge in [0, 0.05) is 36.5 Å². The molecule has 0 radical (unpaired) electrons. The van der Waals surface area contributed by atoms with E-state index in [1.807, 2.05) is 60.0 Å². The molecule has 6 heteroatoms. The highest BCUT2D eigenvalue weighted by Gasteiger charge is 2.23. The van der Waals surface area contributed by atoms with E-state index < -0.39 is 0 Å². The molecule has 2 aromatic rings. The van der Waals surface area contributed by atoms with Crippen LogP contribution in [0.1, 0.15) is 49.2 Å². The summed E-state index contributed by atoms with van der Waals surface area (Å²) in [6.07, 6.45) is 4.75. The Labute approximate surface area is 176 Å². The second-order valence-corrected chi connectivity index (χ2v) is 7.84. The van der Waals surface area contributed by atoms with E-state index in [-0.39, 0.29) is 18.4 Å². The van der Waals surface area contributed by atoms with Gasteiger partial charge in [0.1, 0.15) is 6.54 Å². The molecule has 28 heavy (non-hydrogen) atoms. The van der Waals surface area contributed by atoms with Crippen LogP contribution >= 0.6 is 15.9 Å². The number of carbonyl (C=O) groups excluding carboxylic acids is 2. The van der Waals surface area contributed by atoms with Crippen LogP contribution in [0.2, 0.25) is 0 Å². The summed E-state index contributed by atoms with van der Waals surface area (Å²) in [5.41, 5.74) is 1.68. The first-order valence-electron chi connectivity index (χ1n) is 9.89. The molecule has 0 atom stereocenters. The predicted molar refractivity (Wildman–Crippen MR) is 116 cm³/mol. The highest BCUT2D eigenvalue weighted by atomic mass is 79.9. The van der Waals surface area contributed by atoms with Gasteiger partial charge in [0.25, 0.3) is 5.91 Å². The first-order chi connectivity index (χ1) is 13.5. The fraction of sp³-hybridized carbons (Fsp3) is 0.455. The van der Waals surface area contributed by atoms with E-state index in [9.17, 15) is 9.59 Å². The Morgan fingerprint density at radius 1 is 1.00 bits per heavy atom. The molecule has 0 fully saturated rings. The van der Waals surface area contributed by atoms with E-state index in [1.165, 1.54) is 0 Å². The summed E-state index contributed by atoms with van der Waals surface area (Å²) >= 11 is 3.45. The minimum absolute atomic E-state index is 0.0106. The highest BCUT2D eigenvalue weighted by molar-refractivity contribution is 9.10. The van der Waals surface area contributed by atoms with E-state index in [4.69, 9.17) is 0 Å². The Kier molecular flexibility index (Phi) is 8.77. The van der Waals surface area contributed by atoms with Gasteiger partial charge in [0.15, 0.2) is 0 Å². The van der Waals surface area contributed by atoms with Crippen LogP contribution in [0.25, 0.3) is 0 Å². The minimum atomic E-state index is -0.114. The fourth-order valence-corrected chi connectivity index (χ4v) is 3.54. The van der Waals surface area contributed by atoms with Gasteiger partial charge in [-0.25, -0.2) is 0 Å². The molecule has 2 rings (SSSR count). The van der Waals surface area contributed by atoms with Crippen molar-refractivity contribution in [2.24, 2.45) is 7.05 Å². The monoisotopic (exact) mass is 447 g/mol. The van der Waals surface area contributed by atoms with Crippen molar-refractivity contribution < 1.29 is 9.59 Å². The lowest BCUT2D eigenvalue weighted by Crippen LogP contribution is -2.43. The molecule has 0 aliphatic rings. The summed E-state index contributed by atoms with van der Waals surface area (Å²) in [5.74, 6) is -0.125. The lowest BCUT2D eigenvalue weighted by Gasteiger charge is -2.28. The maximum absolute atomic E-state index is 13.1. The molecule has 0 bridgehead atoms. The maximum atomic E-state index is 13.1. The third-order valence-electron chi connectivity index (χ3n) is 4.75. The van der Waals surface area contributed by atoms with Gasteiger partial charge in [-0.05, 0) is 53.0 Å². The Balaban J connectivity index is 2.15. The average molecular weight is 448 g/mol. The van der Waals surface area contributed by atoms with Crippen LogP contribution in [-0.4, -0.2) is 45.8 Å². The predicted octanol–water partition coefficient (Wildman–Crippen LogP) is 4.47. The summed E-state index contributed by atoms with van der Waals surface area (Å²) < 4.78 is 2.78. The summed E-state index contributed by atoms with van der Waals surface area (Å²) in [4.78, 5) is 29.7. The van der Waals surface area contributed by atoms with Crippen molar-refractivity contribution in [1.29, 1.82) is 0 Å². The topological polar surface area (TPSA) is 45.6 Å². The smallest absolute Gasteiger partial charge is 0.255 e. The molecule has 1 aromatic heterocycles. The van der Waals surface area contributed by atoms with E-state index in [0.717, 1.165) is 29.4 Å². The number of amides is 2. The molecule has 0 N–H and O–H groups in total. The Hall–Kier alpha value is -2.08. The lowest BCUT2D eigenvalue weighted by atomic mass is 10.2. The van der Waals surface area contributed by atoms with Crippen molar-refractivity contribution >= 4 is 27.7 Å². The molecule has 152 valence electrons. The van der Waals surface area contributed by atoms with Gasteiger partial charge in [-0.1, -0.05) is 32.4 Å². The molecule has 0 saturated heterocycles. The summed E-state index contributed by atoms with van der Waals surface area (Å²) in [7, 11) is 1.98. The number of nitrogens with zero attached hydrogens (tertiary/aromatic N) is 3. The third-order valence-corrected chi connectivity index (χ3v) is 5.44. The van der Waals surface area contributed by atoms with Crippen LogP contribution < -0.4 is 0 Å². The van der Waals surface area contributed by atoms with Crippen LogP contribution in [0, 0.1) is 0 Å². The quantitative estimate of drug-likeness (QED) is 0.539. The molecule has 2 amide bonds. The Bertz CT molecular complexity index is 788. The zero-order valence-electron chi connectivity index (χ0n) is 17.0. The number of carbonyl (C=O) groups is 2. The van der Waals surface area contributed by atoms with Crippen molar-refractivity contribution in [3.8, 4) is 0 Å². The number of halogens is 1. The van der Waals surface area contributed by atoms with Crippen molar-refractivity contribution in [1.82, 2.24) is 14.4 Å². The molecule has 0 spiro atoms. The first kappa shape index (κ1) is 22.2. The lowest BCUT2D eigenvalue weighted by molar-refractivity contribution is -0.132. The van der Waals surface area contributed by atoms with Gasteiger partial charge in [0.05, 0.1) is 12.1 Å².